The van der Waals surface area contributed by atoms with Gasteiger partial charge in [0, 0.05) is 4.91 Å². The van der Waals surface area contributed by atoms with Gasteiger partial charge in [0.25, 0.3) is 0 Å². The number of hydrogen-bond donors (Lipinski definition) is 4. The van der Waals surface area contributed by atoms with Gasteiger partial charge in [0.15, 0.2) is 6.29 Å². The third kappa shape index (κ3) is 3.01. The first-order valence-corrected chi connectivity index (χ1v) is 3.96. The van der Waals surface area contributed by atoms with Gasteiger partial charge >= 0.3 is 0 Å². The molecule has 0 unspecified atom stereocenters. The minimum Gasteiger partial charge on any atom is -0.412 e. The number of hydrogen-bond acceptors (Lipinski definition) is 6. The van der Waals surface area contributed by atoms with Gasteiger partial charge in [-0.15, -0.1) is 0 Å². The van der Waals surface area contributed by atoms with Crippen molar-refractivity contribution in [2.75, 3.05) is 6.54 Å². The third-order valence-corrected chi connectivity index (χ3v) is 2.01. The van der Waals surface area contributed by atoms with E-state index in [0.29, 0.717) is 0 Å². The number of nitrogens with zero attached hydrogens (tertiary/aromatic N) is 3. The lowest BCUT2D eigenvalue weighted by Gasteiger charge is -2.37. The van der Waals surface area contributed by atoms with Gasteiger partial charge in [0.2, 0.25) is 0 Å². The first kappa shape index (κ1) is 14.1. The van der Waals surface area contributed by atoms with Crippen molar-refractivity contribution >= 4 is 0 Å². The Labute approximate surface area is 84.5 Å². The topological polar surface area (TPSA) is 170 Å². The highest BCUT2D eigenvalue weighted by Gasteiger charge is 2.42. The van der Waals surface area contributed by atoms with E-state index in [1.807, 2.05) is 0 Å². The van der Waals surface area contributed by atoms with Crippen molar-refractivity contribution in [3.05, 3.63) is 10.4 Å². The predicted octanol–water partition coefficient (Wildman–Crippen LogP) is -2.73. The molecule has 6 N–H and O–H groups in total. The summed E-state index contributed by atoms with van der Waals surface area (Å²) in [6.07, 6.45) is -7.07. The van der Waals surface area contributed by atoms with E-state index in [2.05, 4.69) is 10.0 Å². The Morgan fingerprint density at radius 2 is 1.73 bits per heavy atom. The van der Waals surface area contributed by atoms with Crippen LogP contribution < -0.4 is 0 Å². The van der Waals surface area contributed by atoms with Crippen molar-refractivity contribution < 1.29 is 30.6 Å². The highest BCUT2D eigenvalue weighted by molar-refractivity contribution is 4.89. The summed E-state index contributed by atoms with van der Waals surface area (Å²) in [5.74, 6) is 0. The van der Waals surface area contributed by atoms with Crippen molar-refractivity contribution in [1.29, 1.82) is 0 Å². The second-order valence-electron chi connectivity index (χ2n) is 2.95. The molecule has 88 valence electrons. The maximum absolute atomic E-state index is 9.32. The summed E-state index contributed by atoms with van der Waals surface area (Å²) >= 11 is 0. The Morgan fingerprint density at radius 1 is 1.13 bits per heavy atom. The Morgan fingerprint density at radius 3 is 2.27 bits per heavy atom. The molecule has 1 heterocycles. The van der Waals surface area contributed by atoms with Crippen LogP contribution in [0.2, 0.25) is 0 Å². The first-order chi connectivity index (χ1) is 6.57. The standard InChI is InChI=1S/C6H11N3O5.H2O/c7-9-8-1-2-3(10)4(11)5(12)6(13)14-2;/h2-6,10-13H,1H2;1H2/t2-,3+,4+,5-,6+;/m0./s1. The lowest BCUT2D eigenvalue weighted by Crippen LogP contribution is -2.58. The Balaban J connectivity index is 0.00000196. The van der Waals surface area contributed by atoms with Crippen LogP contribution in [0.5, 0.6) is 0 Å². The zero-order valence-electron chi connectivity index (χ0n) is 7.63. The van der Waals surface area contributed by atoms with Gasteiger partial charge in [-0.1, -0.05) is 5.11 Å². The Bertz CT molecular complexity index is 245. The van der Waals surface area contributed by atoms with Crippen molar-refractivity contribution in [3.8, 4) is 0 Å². The number of rotatable bonds is 2. The normalized spacial score (nSPS) is 40.1. The molecule has 1 rings (SSSR count). The molecule has 0 aliphatic carbocycles. The lowest BCUT2D eigenvalue weighted by atomic mass is 9.99. The van der Waals surface area contributed by atoms with Crippen LogP contribution >= 0.6 is 0 Å². The third-order valence-electron chi connectivity index (χ3n) is 2.01. The van der Waals surface area contributed by atoms with E-state index in [1.165, 1.54) is 0 Å². The summed E-state index contributed by atoms with van der Waals surface area (Å²) in [5.41, 5.74) is 8.01. The fraction of sp³-hybridized carbons (Fsp3) is 1.00. The largest absolute Gasteiger partial charge is 0.412 e. The highest BCUT2D eigenvalue weighted by atomic mass is 16.6. The van der Waals surface area contributed by atoms with E-state index in [1.54, 1.807) is 0 Å². The maximum atomic E-state index is 9.32. The van der Waals surface area contributed by atoms with Crippen molar-refractivity contribution in [1.82, 2.24) is 0 Å². The molecule has 5 atom stereocenters. The van der Waals surface area contributed by atoms with Crippen LogP contribution in [-0.4, -0.2) is 63.2 Å². The molecule has 9 heteroatoms. The molecule has 1 fully saturated rings. The minimum absolute atomic E-state index is 0. The fourth-order valence-electron chi connectivity index (χ4n) is 1.20. The molecular formula is C6H13N3O6. The van der Waals surface area contributed by atoms with Crippen LogP contribution in [0.25, 0.3) is 10.4 Å². The van der Waals surface area contributed by atoms with Crippen molar-refractivity contribution in [3.63, 3.8) is 0 Å². The second-order valence-corrected chi connectivity index (χ2v) is 2.95. The van der Waals surface area contributed by atoms with Crippen LogP contribution in [-0.2, 0) is 4.74 Å². The van der Waals surface area contributed by atoms with Gasteiger partial charge in [-0.2, -0.15) is 0 Å². The van der Waals surface area contributed by atoms with Crippen LogP contribution in [0.4, 0.5) is 0 Å². The first-order valence-electron chi connectivity index (χ1n) is 3.96. The molecule has 0 bridgehead atoms. The summed E-state index contributed by atoms with van der Waals surface area (Å²) in [6, 6.07) is 0. The van der Waals surface area contributed by atoms with E-state index in [4.69, 9.17) is 20.5 Å². The lowest BCUT2D eigenvalue weighted by molar-refractivity contribution is -0.279. The Kier molecular flexibility index (Phi) is 5.47. The smallest absolute Gasteiger partial charge is 0.183 e. The van der Waals surface area contributed by atoms with Gasteiger partial charge in [0.1, 0.15) is 18.3 Å². The summed E-state index contributed by atoms with van der Waals surface area (Å²) in [7, 11) is 0. The summed E-state index contributed by atoms with van der Waals surface area (Å²) in [5, 5.41) is 39.8. The van der Waals surface area contributed by atoms with Crippen molar-refractivity contribution in [2.24, 2.45) is 5.11 Å². The van der Waals surface area contributed by atoms with Gasteiger partial charge in [-0.25, -0.2) is 0 Å². The predicted molar refractivity (Wildman–Crippen MR) is 46.5 cm³/mol. The molecule has 9 nitrogen and oxygen atoms in total. The van der Waals surface area contributed by atoms with E-state index >= 15 is 0 Å². The van der Waals surface area contributed by atoms with Crippen molar-refractivity contribution in [2.45, 2.75) is 30.7 Å². The molecule has 0 spiro atoms. The molecule has 1 aliphatic rings. The monoisotopic (exact) mass is 223 g/mol. The van der Waals surface area contributed by atoms with Gasteiger partial charge in [0.05, 0.1) is 12.6 Å². The molecule has 0 aromatic carbocycles. The van der Waals surface area contributed by atoms with Gasteiger partial charge in [-0.3, -0.25) is 0 Å². The minimum atomic E-state index is -1.59. The average molecular weight is 223 g/mol. The maximum Gasteiger partial charge on any atom is 0.183 e. The molecule has 0 aromatic heterocycles. The molecule has 0 amide bonds. The number of ether oxygens (including phenoxy) is 1. The zero-order chi connectivity index (χ0) is 10.7. The van der Waals surface area contributed by atoms with E-state index in [0.717, 1.165) is 0 Å². The highest BCUT2D eigenvalue weighted by Crippen LogP contribution is 2.19. The van der Waals surface area contributed by atoms with Crippen LogP contribution in [0.3, 0.4) is 0 Å². The number of azide groups is 1. The van der Waals surface area contributed by atoms with Crippen LogP contribution in [0.15, 0.2) is 5.11 Å². The molecule has 1 aliphatic heterocycles. The molecule has 0 aromatic rings. The number of aliphatic hydroxyl groups excluding tert-OH is 4. The zero-order valence-corrected chi connectivity index (χ0v) is 7.63. The number of aliphatic hydroxyl groups is 4. The molecular weight excluding hydrogens is 210 g/mol. The quantitative estimate of drug-likeness (QED) is 0.226. The van der Waals surface area contributed by atoms with Gasteiger partial charge in [-0.05, 0) is 5.53 Å². The summed E-state index contributed by atoms with van der Waals surface area (Å²) < 4.78 is 4.71. The second kappa shape index (κ2) is 5.83. The fourth-order valence-corrected chi connectivity index (χ4v) is 1.20. The summed E-state index contributed by atoms with van der Waals surface area (Å²) in [4.78, 5) is 2.44. The molecule has 15 heavy (non-hydrogen) atoms. The van der Waals surface area contributed by atoms with Crippen LogP contribution in [0.1, 0.15) is 0 Å². The Hall–Kier alpha value is -0.930. The van der Waals surface area contributed by atoms with E-state index < -0.39 is 30.7 Å². The molecule has 1 saturated heterocycles. The molecule has 0 saturated carbocycles. The van der Waals surface area contributed by atoms with E-state index in [-0.39, 0.29) is 12.0 Å². The SMILES string of the molecule is O.[N-]=[N+]=NC[C@@H]1O[C@@H](O)[C@@H](O)[C@H](O)[C@@H]1O. The summed E-state index contributed by atoms with van der Waals surface area (Å²) in [6.45, 7) is -0.224. The van der Waals surface area contributed by atoms with Gasteiger partial charge < -0.3 is 30.6 Å². The van der Waals surface area contributed by atoms with E-state index in [9.17, 15) is 10.2 Å². The molecule has 0 radical (unpaired) electrons. The van der Waals surface area contributed by atoms with Crippen LogP contribution in [0, 0.1) is 0 Å². The average Bonchev–Trinajstić information content (AvgIpc) is 2.18.